The van der Waals surface area contributed by atoms with Crippen molar-refractivity contribution < 1.29 is 0 Å². The molecule has 1 aromatic heterocycles. The van der Waals surface area contributed by atoms with E-state index < -0.39 is 0 Å². The lowest BCUT2D eigenvalue weighted by Gasteiger charge is -2.24. The first-order valence-corrected chi connectivity index (χ1v) is 4.78. The molecular weight excluding hydrogens is 162 g/mol. The van der Waals surface area contributed by atoms with Gasteiger partial charge in [0.05, 0.1) is 0 Å². The average Bonchev–Trinajstić information content (AvgIpc) is 2.21. The third-order valence-corrected chi connectivity index (χ3v) is 2.36. The summed E-state index contributed by atoms with van der Waals surface area (Å²) in [6.45, 7) is 3.24. The highest BCUT2D eigenvalue weighted by molar-refractivity contribution is 5.11. The van der Waals surface area contributed by atoms with Crippen LogP contribution in [-0.2, 0) is 6.42 Å². The zero-order chi connectivity index (χ0) is 8.93. The van der Waals surface area contributed by atoms with Gasteiger partial charge in [-0.05, 0) is 24.1 Å². The quantitative estimate of drug-likeness (QED) is 0.677. The summed E-state index contributed by atoms with van der Waals surface area (Å²) in [5.74, 6) is 0. The Morgan fingerprint density at radius 2 is 2.15 bits per heavy atom. The molecule has 2 N–H and O–H groups in total. The number of hydrogen-bond donors (Lipinski definition) is 2. The molecule has 2 heterocycles. The Balaban J connectivity index is 1.90. The zero-order valence-electron chi connectivity index (χ0n) is 7.66. The van der Waals surface area contributed by atoms with E-state index in [0.717, 1.165) is 26.1 Å². The summed E-state index contributed by atoms with van der Waals surface area (Å²) in [6.07, 6.45) is 4.80. The van der Waals surface area contributed by atoms with Crippen LogP contribution in [0.3, 0.4) is 0 Å². The molecule has 0 amide bonds. The summed E-state index contributed by atoms with van der Waals surface area (Å²) in [4.78, 5) is 4.00. The molecule has 1 aliphatic heterocycles. The SMILES string of the molecule is c1cc(CC2CNCCN2)ccn1. The first kappa shape index (κ1) is 8.66. The Kier molecular flexibility index (Phi) is 2.90. The summed E-state index contributed by atoms with van der Waals surface area (Å²) in [6, 6.07) is 4.74. The van der Waals surface area contributed by atoms with Crippen molar-refractivity contribution in [3.8, 4) is 0 Å². The maximum atomic E-state index is 4.00. The van der Waals surface area contributed by atoms with Gasteiger partial charge < -0.3 is 10.6 Å². The van der Waals surface area contributed by atoms with Crippen LogP contribution in [0.5, 0.6) is 0 Å². The average molecular weight is 177 g/mol. The van der Waals surface area contributed by atoms with E-state index in [-0.39, 0.29) is 0 Å². The van der Waals surface area contributed by atoms with Gasteiger partial charge in [0.15, 0.2) is 0 Å². The summed E-state index contributed by atoms with van der Waals surface area (Å²) < 4.78 is 0. The van der Waals surface area contributed by atoms with Gasteiger partial charge in [-0.25, -0.2) is 0 Å². The smallest absolute Gasteiger partial charge is 0.0270 e. The second kappa shape index (κ2) is 4.35. The van der Waals surface area contributed by atoms with E-state index >= 15 is 0 Å². The van der Waals surface area contributed by atoms with Crippen LogP contribution in [0.15, 0.2) is 24.5 Å². The van der Waals surface area contributed by atoms with E-state index in [1.165, 1.54) is 5.56 Å². The minimum Gasteiger partial charge on any atom is -0.314 e. The third kappa shape index (κ3) is 2.50. The molecule has 0 aliphatic carbocycles. The number of rotatable bonds is 2. The fourth-order valence-electron chi connectivity index (χ4n) is 1.66. The van der Waals surface area contributed by atoms with E-state index in [1.807, 2.05) is 12.4 Å². The summed E-state index contributed by atoms with van der Waals surface area (Å²) >= 11 is 0. The summed E-state index contributed by atoms with van der Waals surface area (Å²) in [5, 5.41) is 6.86. The molecule has 13 heavy (non-hydrogen) atoms. The van der Waals surface area contributed by atoms with Crippen LogP contribution in [0.1, 0.15) is 5.56 Å². The van der Waals surface area contributed by atoms with Gasteiger partial charge in [-0.3, -0.25) is 4.98 Å². The molecule has 70 valence electrons. The van der Waals surface area contributed by atoms with Crippen molar-refractivity contribution in [2.45, 2.75) is 12.5 Å². The van der Waals surface area contributed by atoms with Crippen LogP contribution in [0.4, 0.5) is 0 Å². The van der Waals surface area contributed by atoms with Crippen LogP contribution in [0, 0.1) is 0 Å². The Morgan fingerprint density at radius 1 is 1.31 bits per heavy atom. The molecule has 0 saturated carbocycles. The molecule has 0 spiro atoms. The predicted molar refractivity (Wildman–Crippen MR) is 52.6 cm³/mol. The van der Waals surface area contributed by atoms with Gasteiger partial charge in [-0.1, -0.05) is 0 Å². The third-order valence-electron chi connectivity index (χ3n) is 2.36. The topological polar surface area (TPSA) is 37.0 Å². The van der Waals surface area contributed by atoms with Gasteiger partial charge in [0, 0.05) is 38.1 Å². The molecule has 1 fully saturated rings. The molecule has 3 nitrogen and oxygen atoms in total. The van der Waals surface area contributed by atoms with Crippen molar-refractivity contribution in [1.29, 1.82) is 0 Å². The number of nitrogens with zero attached hydrogens (tertiary/aromatic N) is 1. The molecule has 1 aromatic rings. The fourth-order valence-corrected chi connectivity index (χ4v) is 1.66. The van der Waals surface area contributed by atoms with E-state index in [1.54, 1.807) is 0 Å². The Morgan fingerprint density at radius 3 is 2.85 bits per heavy atom. The van der Waals surface area contributed by atoms with E-state index in [2.05, 4.69) is 27.8 Å². The molecule has 1 atom stereocenters. The highest BCUT2D eigenvalue weighted by Gasteiger charge is 2.11. The Bertz CT molecular complexity index is 242. The monoisotopic (exact) mass is 177 g/mol. The lowest BCUT2D eigenvalue weighted by molar-refractivity contribution is 0.416. The molecule has 0 radical (unpaired) electrons. The van der Waals surface area contributed by atoms with Crippen molar-refractivity contribution >= 4 is 0 Å². The maximum Gasteiger partial charge on any atom is 0.0270 e. The number of nitrogens with one attached hydrogen (secondary N) is 2. The molecule has 1 unspecified atom stereocenters. The Hall–Kier alpha value is -0.930. The molecule has 2 rings (SSSR count). The summed E-state index contributed by atoms with van der Waals surface area (Å²) in [7, 11) is 0. The van der Waals surface area contributed by atoms with Crippen molar-refractivity contribution in [1.82, 2.24) is 15.6 Å². The number of aromatic nitrogens is 1. The molecule has 0 bridgehead atoms. The largest absolute Gasteiger partial charge is 0.314 e. The van der Waals surface area contributed by atoms with Crippen LogP contribution in [0.25, 0.3) is 0 Å². The van der Waals surface area contributed by atoms with Gasteiger partial charge in [-0.15, -0.1) is 0 Å². The van der Waals surface area contributed by atoms with E-state index in [0.29, 0.717) is 6.04 Å². The van der Waals surface area contributed by atoms with Crippen molar-refractivity contribution in [2.75, 3.05) is 19.6 Å². The minimum absolute atomic E-state index is 0.580. The van der Waals surface area contributed by atoms with Crippen LogP contribution in [-0.4, -0.2) is 30.7 Å². The van der Waals surface area contributed by atoms with Gasteiger partial charge in [0.2, 0.25) is 0 Å². The van der Waals surface area contributed by atoms with Gasteiger partial charge in [0.1, 0.15) is 0 Å². The van der Waals surface area contributed by atoms with Crippen LogP contribution >= 0.6 is 0 Å². The van der Waals surface area contributed by atoms with E-state index in [4.69, 9.17) is 0 Å². The lowest BCUT2D eigenvalue weighted by Crippen LogP contribution is -2.49. The molecule has 1 saturated heterocycles. The van der Waals surface area contributed by atoms with Gasteiger partial charge in [0.25, 0.3) is 0 Å². The standard InChI is InChI=1S/C10H15N3/c1-3-11-4-2-9(1)7-10-8-12-5-6-13-10/h1-4,10,12-13H,5-8H2. The van der Waals surface area contributed by atoms with Crippen molar-refractivity contribution in [2.24, 2.45) is 0 Å². The molecule has 1 aliphatic rings. The first-order valence-electron chi connectivity index (χ1n) is 4.78. The maximum absolute atomic E-state index is 4.00. The van der Waals surface area contributed by atoms with E-state index in [9.17, 15) is 0 Å². The van der Waals surface area contributed by atoms with Crippen LogP contribution in [0.2, 0.25) is 0 Å². The highest BCUT2D eigenvalue weighted by atomic mass is 15.0. The highest BCUT2D eigenvalue weighted by Crippen LogP contribution is 2.02. The normalized spacial score (nSPS) is 22.9. The van der Waals surface area contributed by atoms with Gasteiger partial charge in [-0.2, -0.15) is 0 Å². The van der Waals surface area contributed by atoms with Crippen molar-refractivity contribution in [3.63, 3.8) is 0 Å². The number of hydrogen-bond acceptors (Lipinski definition) is 3. The summed E-state index contributed by atoms with van der Waals surface area (Å²) in [5.41, 5.74) is 1.36. The van der Waals surface area contributed by atoms with Crippen molar-refractivity contribution in [3.05, 3.63) is 30.1 Å². The minimum atomic E-state index is 0.580. The van der Waals surface area contributed by atoms with Gasteiger partial charge >= 0.3 is 0 Å². The fraction of sp³-hybridized carbons (Fsp3) is 0.500. The van der Waals surface area contributed by atoms with Crippen LogP contribution < -0.4 is 10.6 Å². The Labute approximate surface area is 78.6 Å². The first-order chi connectivity index (χ1) is 6.45. The zero-order valence-corrected chi connectivity index (χ0v) is 7.66. The number of piperazine rings is 1. The molecular formula is C10H15N3. The second-order valence-electron chi connectivity index (χ2n) is 3.41. The second-order valence-corrected chi connectivity index (χ2v) is 3.41. The molecule has 0 aromatic carbocycles. The number of pyridine rings is 1. The lowest BCUT2D eigenvalue weighted by atomic mass is 10.1. The predicted octanol–water partition coefficient (Wildman–Crippen LogP) is 0.185. The molecule has 3 heteroatoms.